The molecule has 1 fully saturated rings. The summed E-state index contributed by atoms with van der Waals surface area (Å²) in [6, 6.07) is 0.227. The zero-order valence-corrected chi connectivity index (χ0v) is 7.96. The van der Waals surface area contributed by atoms with Crippen LogP contribution < -0.4 is 0 Å². The predicted molar refractivity (Wildman–Crippen MR) is 50.2 cm³/mol. The Balaban J connectivity index is 2.31. The summed E-state index contributed by atoms with van der Waals surface area (Å²) in [6.07, 6.45) is 7.15. The second kappa shape index (κ2) is 5.31. The third-order valence-corrected chi connectivity index (χ3v) is 2.62. The van der Waals surface area contributed by atoms with E-state index in [1.807, 2.05) is 0 Å². The number of rotatable bonds is 4. The van der Waals surface area contributed by atoms with Crippen molar-refractivity contribution in [1.29, 1.82) is 0 Å². The van der Waals surface area contributed by atoms with Crippen LogP contribution in [0.5, 0.6) is 0 Å². The van der Waals surface area contributed by atoms with Gasteiger partial charge in [0.05, 0.1) is 6.04 Å². The molecule has 1 heterocycles. The van der Waals surface area contributed by atoms with Crippen molar-refractivity contribution in [3.8, 4) is 0 Å². The molecule has 70 valence electrons. The van der Waals surface area contributed by atoms with Crippen molar-refractivity contribution in [2.24, 2.45) is 0 Å². The van der Waals surface area contributed by atoms with Gasteiger partial charge in [-0.05, 0) is 32.4 Å². The van der Waals surface area contributed by atoms with Gasteiger partial charge in [-0.2, -0.15) is 0 Å². The summed E-state index contributed by atoms with van der Waals surface area (Å²) < 4.78 is 0. The third kappa shape index (κ3) is 2.59. The second-order valence-electron chi connectivity index (χ2n) is 3.59. The summed E-state index contributed by atoms with van der Waals surface area (Å²) in [5.74, 6) is 0. The summed E-state index contributed by atoms with van der Waals surface area (Å²) in [5, 5.41) is 0. The Morgan fingerprint density at radius 3 is 3.00 bits per heavy atom. The average molecular weight is 169 g/mol. The number of hydrogen-bond donors (Lipinski definition) is 0. The highest BCUT2D eigenvalue weighted by molar-refractivity contribution is 5.57. The zero-order chi connectivity index (χ0) is 8.81. The number of aldehydes is 1. The van der Waals surface area contributed by atoms with Crippen LogP contribution in [0.1, 0.15) is 39.0 Å². The highest BCUT2D eigenvalue weighted by atomic mass is 16.1. The van der Waals surface area contributed by atoms with Gasteiger partial charge in [-0.15, -0.1) is 0 Å². The number of unbranched alkanes of at least 4 members (excludes halogenated alkanes) is 1. The molecule has 1 saturated heterocycles. The van der Waals surface area contributed by atoms with Gasteiger partial charge >= 0.3 is 0 Å². The summed E-state index contributed by atoms with van der Waals surface area (Å²) in [7, 11) is 0. The minimum atomic E-state index is 0.227. The van der Waals surface area contributed by atoms with E-state index in [2.05, 4.69) is 11.8 Å². The number of nitrogens with zero attached hydrogens (tertiary/aromatic N) is 1. The van der Waals surface area contributed by atoms with Crippen molar-refractivity contribution >= 4 is 6.29 Å². The van der Waals surface area contributed by atoms with Gasteiger partial charge in [-0.1, -0.05) is 19.8 Å². The lowest BCUT2D eigenvalue weighted by Crippen LogP contribution is -2.40. The van der Waals surface area contributed by atoms with E-state index in [1.165, 1.54) is 25.7 Å². The summed E-state index contributed by atoms with van der Waals surface area (Å²) in [6.45, 7) is 4.43. The molecule has 1 aliphatic heterocycles. The highest BCUT2D eigenvalue weighted by Crippen LogP contribution is 2.15. The Morgan fingerprint density at radius 1 is 1.50 bits per heavy atom. The minimum absolute atomic E-state index is 0.227. The smallest absolute Gasteiger partial charge is 0.137 e. The van der Waals surface area contributed by atoms with Gasteiger partial charge in [-0.25, -0.2) is 0 Å². The zero-order valence-electron chi connectivity index (χ0n) is 7.96. The molecule has 2 heteroatoms. The van der Waals surface area contributed by atoms with Crippen LogP contribution in [0, 0.1) is 0 Å². The van der Waals surface area contributed by atoms with Crippen LogP contribution in [-0.2, 0) is 4.79 Å². The fourth-order valence-corrected chi connectivity index (χ4v) is 1.81. The monoisotopic (exact) mass is 169 g/mol. The molecule has 0 unspecified atom stereocenters. The molecule has 1 atom stereocenters. The van der Waals surface area contributed by atoms with Crippen molar-refractivity contribution < 1.29 is 4.79 Å². The SMILES string of the molecule is CCCCN1CCCC[C@H]1C=O. The molecule has 0 spiro atoms. The maximum atomic E-state index is 10.7. The third-order valence-electron chi connectivity index (χ3n) is 2.62. The second-order valence-corrected chi connectivity index (χ2v) is 3.59. The Labute approximate surface area is 74.9 Å². The van der Waals surface area contributed by atoms with Gasteiger partial charge in [0.25, 0.3) is 0 Å². The lowest BCUT2D eigenvalue weighted by atomic mass is 10.0. The van der Waals surface area contributed by atoms with Gasteiger partial charge in [0.2, 0.25) is 0 Å². The van der Waals surface area contributed by atoms with Crippen molar-refractivity contribution in [3.63, 3.8) is 0 Å². The van der Waals surface area contributed by atoms with Gasteiger partial charge in [0, 0.05) is 0 Å². The van der Waals surface area contributed by atoms with Crippen LogP contribution >= 0.6 is 0 Å². The molecule has 0 aromatic carbocycles. The molecule has 0 aromatic rings. The van der Waals surface area contributed by atoms with Gasteiger partial charge in [0.15, 0.2) is 0 Å². The largest absolute Gasteiger partial charge is 0.302 e. The van der Waals surface area contributed by atoms with Gasteiger partial charge in [0.1, 0.15) is 6.29 Å². The van der Waals surface area contributed by atoms with E-state index in [9.17, 15) is 4.79 Å². The Kier molecular flexibility index (Phi) is 4.30. The lowest BCUT2D eigenvalue weighted by molar-refractivity contribution is -0.113. The standard InChI is InChI=1S/C10H19NO/c1-2-3-7-11-8-5-4-6-10(11)9-12/h9-10H,2-8H2,1H3/t10-/m0/s1. The average Bonchev–Trinajstić information content (AvgIpc) is 2.15. The van der Waals surface area contributed by atoms with E-state index in [0.717, 1.165) is 25.8 Å². The van der Waals surface area contributed by atoms with E-state index < -0.39 is 0 Å². The maximum absolute atomic E-state index is 10.7. The normalized spacial score (nSPS) is 25.6. The molecule has 0 saturated carbocycles. The fourth-order valence-electron chi connectivity index (χ4n) is 1.81. The quantitative estimate of drug-likeness (QED) is 0.598. The fraction of sp³-hybridized carbons (Fsp3) is 0.900. The lowest BCUT2D eigenvalue weighted by Gasteiger charge is -2.31. The first-order valence-corrected chi connectivity index (χ1v) is 5.08. The van der Waals surface area contributed by atoms with Crippen LogP contribution in [0.3, 0.4) is 0 Å². The Hall–Kier alpha value is -0.370. The van der Waals surface area contributed by atoms with Crippen molar-refractivity contribution in [2.45, 2.75) is 45.1 Å². The first-order valence-electron chi connectivity index (χ1n) is 5.08. The molecule has 1 aliphatic rings. The molecule has 1 rings (SSSR count). The van der Waals surface area contributed by atoms with E-state index >= 15 is 0 Å². The van der Waals surface area contributed by atoms with Crippen LogP contribution in [0.2, 0.25) is 0 Å². The first kappa shape index (κ1) is 9.72. The molecule has 0 aliphatic carbocycles. The molecule has 0 bridgehead atoms. The summed E-state index contributed by atoms with van der Waals surface area (Å²) >= 11 is 0. The van der Waals surface area contributed by atoms with Crippen LogP contribution in [0.4, 0.5) is 0 Å². The van der Waals surface area contributed by atoms with Gasteiger partial charge in [-0.3, -0.25) is 4.90 Å². The number of hydrogen-bond acceptors (Lipinski definition) is 2. The molecule has 2 nitrogen and oxygen atoms in total. The Morgan fingerprint density at radius 2 is 2.33 bits per heavy atom. The molecule has 0 N–H and O–H groups in total. The molecular formula is C10H19NO. The van der Waals surface area contributed by atoms with E-state index in [1.54, 1.807) is 0 Å². The number of carbonyl (C=O) groups excluding carboxylic acids is 1. The summed E-state index contributed by atoms with van der Waals surface area (Å²) in [5.41, 5.74) is 0. The van der Waals surface area contributed by atoms with Gasteiger partial charge < -0.3 is 4.79 Å². The molecule has 0 amide bonds. The number of piperidine rings is 1. The molecular weight excluding hydrogens is 150 g/mol. The van der Waals surface area contributed by atoms with E-state index in [4.69, 9.17) is 0 Å². The first-order chi connectivity index (χ1) is 5.88. The topological polar surface area (TPSA) is 20.3 Å². The Bertz CT molecular complexity index is 136. The van der Waals surface area contributed by atoms with E-state index in [-0.39, 0.29) is 6.04 Å². The molecule has 0 aromatic heterocycles. The summed E-state index contributed by atoms with van der Waals surface area (Å²) in [4.78, 5) is 13.0. The van der Waals surface area contributed by atoms with Crippen LogP contribution in [0.25, 0.3) is 0 Å². The highest BCUT2D eigenvalue weighted by Gasteiger charge is 2.20. The predicted octanol–water partition coefficient (Wildman–Crippen LogP) is 1.84. The number of likely N-dealkylation sites (tertiary alicyclic amines) is 1. The maximum Gasteiger partial charge on any atom is 0.137 e. The number of carbonyl (C=O) groups is 1. The van der Waals surface area contributed by atoms with Crippen LogP contribution in [0.15, 0.2) is 0 Å². The van der Waals surface area contributed by atoms with E-state index in [0.29, 0.717) is 0 Å². The minimum Gasteiger partial charge on any atom is -0.302 e. The van der Waals surface area contributed by atoms with Crippen molar-refractivity contribution in [3.05, 3.63) is 0 Å². The van der Waals surface area contributed by atoms with Crippen molar-refractivity contribution in [1.82, 2.24) is 4.90 Å². The molecule has 0 radical (unpaired) electrons. The van der Waals surface area contributed by atoms with Crippen molar-refractivity contribution in [2.75, 3.05) is 13.1 Å². The van der Waals surface area contributed by atoms with Crippen LogP contribution in [-0.4, -0.2) is 30.3 Å². The molecule has 12 heavy (non-hydrogen) atoms.